The molecule has 3 amide bonds. The fourth-order valence-electron chi connectivity index (χ4n) is 5.18. The SMILES string of the molecule is CC(C)CNCCCCNC(=O)[C@@H](Cc1ccc2ccccc2c1)N(C)C(=O)C1CCCN1C(=O)C(C)(C)C.Cl. The second kappa shape index (κ2) is 15.4. The minimum Gasteiger partial charge on any atom is -0.354 e. The van der Waals surface area contributed by atoms with Gasteiger partial charge in [0.2, 0.25) is 17.7 Å². The molecule has 222 valence electrons. The van der Waals surface area contributed by atoms with Gasteiger partial charge in [0.05, 0.1) is 0 Å². The Hall–Kier alpha value is -2.64. The second-order valence-corrected chi connectivity index (χ2v) is 12.4. The van der Waals surface area contributed by atoms with Crippen LogP contribution in [0.2, 0.25) is 0 Å². The Morgan fingerprint density at radius 3 is 2.38 bits per heavy atom. The molecule has 0 aromatic heterocycles. The quantitative estimate of drug-likeness (QED) is 0.358. The smallest absolute Gasteiger partial charge is 0.245 e. The van der Waals surface area contributed by atoms with Crippen LogP contribution in [0.25, 0.3) is 10.8 Å². The van der Waals surface area contributed by atoms with E-state index in [1.165, 1.54) is 0 Å². The van der Waals surface area contributed by atoms with Crippen molar-refractivity contribution in [2.45, 2.75) is 78.8 Å². The number of benzene rings is 2. The Kier molecular flexibility index (Phi) is 12.9. The first kappa shape index (κ1) is 33.6. The molecular weight excluding hydrogens is 524 g/mol. The van der Waals surface area contributed by atoms with Crippen LogP contribution in [0, 0.1) is 11.3 Å². The van der Waals surface area contributed by atoms with Crippen LogP contribution in [0.4, 0.5) is 0 Å². The van der Waals surface area contributed by atoms with E-state index in [2.05, 4.69) is 48.7 Å². The number of carbonyl (C=O) groups is 3. The van der Waals surface area contributed by atoms with Gasteiger partial charge < -0.3 is 20.4 Å². The van der Waals surface area contributed by atoms with Gasteiger partial charge in [-0.15, -0.1) is 12.4 Å². The first-order valence-electron chi connectivity index (χ1n) is 14.5. The molecule has 2 N–H and O–H groups in total. The van der Waals surface area contributed by atoms with Gasteiger partial charge in [-0.3, -0.25) is 14.4 Å². The third kappa shape index (κ3) is 9.20. The van der Waals surface area contributed by atoms with Crippen LogP contribution in [0.5, 0.6) is 0 Å². The normalized spacial score (nSPS) is 16.1. The molecule has 1 aliphatic rings. The van der Waals surface area contributed by atoms with E-state index >= 15 is 0 Å². The van der Waals surface area contributed by atoms with E-state index in [9.17, 15) is 14.4 Å². The average molecular weight is 573 g/mol. The molecule has 0 aliphatic carbocycles. The molecule has 1 fully saturated rings. The van der Waals surface area contributed by atoms with Crippen LogP contribution in [-0.4, -0.2) is 72.8 Å². The van der Waals surface area contributed by atoms with E-state index in [0.717, 1.165) is 48.7 Å². The molecule has 1 aliphatic heterocycles. The summed E-state index contributed by atoms with van der Waals surface area (Å²) in [5.41, 5.74) is 0.438. The zero-order valence-electron chi connectivity index (χ0n) is 25.2. The van der Waals surface area contributed by atoms with Gasteiger partial charge in [0.25, 0.3) is 0 Å². The number of likely N-dealkylation sites (N-methyl/N-ethyl adjacent to an activating group) is 1. The van der Waals surface area contributed by atoms with Gasteiger partial charge in [-0.25, -0.2) is 0 Å². The zero-order chi connectivity index (χ0) is 28.6. The number of hydrogen-bond donors (Lipinski definition) is 2. The van der Waals surface area contributed by atoms with E-state index in [0.29, 0.717) is 31.8 Å². The summed E-state index contributed by atoms with van der Waals surface area (Å²) in [6.07, 6.45) is 3.67. The van der Waals surface area contributed by atoms with E-state index in [1.54, 1.807) is 16.8 Å². The Labute approximate surface area is 246 Å². The third-order valence-corrected chi connectivity index (χ3v) is 7.43. The van der Waals surface area contributed by atoms with Crippen LogP contribution in [0.15, 0.2) is 42.5 Å². The molecule has 1 unspecified atom stereocenters. The molecule has 0 radical (unpaired) electrons. The highest BCUT2D eigenvalue weighted by Crippen LogP contribution is 2.27. The van der Waals surface area contributed by atoms with Gasteiger partial charge in [0.15, 0.2) is 0 Å². The number of nitrogens with one attached hydrogen (secondary N) is 2. The van der Waals surface area contributed by atoms with Crippen LogP contribution < -0.4 is 10.6 Å². The van der Waals surface area contributed by atoms with Crippen molar-refractivity contribution < 1.29 is 14.4 Å². The van der Waals surface area contributed by atoms with Crippen LogP contribution in [0.3, 0.4) is 0 Å². The van der Waals surface area contributed by atoms with E-state index in [4.69, 9.17) is 0 Å². The number of fused-ring (bicyclic) bond motifs is 1. The van der Waals surface area contributed by atoms with E-state index < -0.39 is 17.5 Å². The molecule has 7 nitrogen and oxygen atoms in total. The Morgan fingerprint density at radius 1 is 1.02 bits per heavy atom. The number of rotatable bonds is 12. The zero-order valence-corrected chi connectivity index (χ0v) is 26.0. The summed E-state index contributed by atoms with van der Waals surface area (Å²) < 4.78 is 0. The number of unbranched alkanes of at least 4 members (excludes halogenated alkanes) is 1. The summed E-state index contributed by atoms with van der Waals surface area (Å²) in [6.45, 7) is 13.1. The van der Waals surface area contributed by atoms with Gasteiger partial charge in [-0.1, -0.05) is 77.1 Å². The lowest BCUT2D eigenvalue weighted by Crippen LogP contribution is -2.55. The molecule has 1 saturated heterocycles. The van der Waals surface area contributed by atoms with Crippen molar-refractivity contribution in [1.29, 1.82) is 0 Å². The highest BCUT2D eigenvalue weighted by molar-refractivity contribution is 5.93. The molecule has 2 atom stereocenters. The van der Waals surface area contributed by atoms with Gasteiger partial charge in [0, 0.05) is 32.0 Å². The lowest BCUT2D eigenvalue weighted by atomic mass is 9.94. The third-order valence-electron chi connectivity index (χ3n) is 7.43. The van der Waals surface area contributed by atoms with Crippen molar-refractivity contribution in [2.75, 3.05) is 33.2 Å². The number of carbonyl (C=O) groups excluding carboxylic acids is 3. The predicted octanol–water partition coefficient (Wildman–Crippen LogP) is 4.81. The lowest BCUT2D eigenvalue weighted by Gasteiger charge is -2.35. The van der Waals surface area contributed by atoms with E-state index in [-0.39, 0.29) is 30.1 Å². The second-order valence-electron chi connectivity index (χ2n) is 12.4. The van der Waals surface area contributed by atoms with Gasteiger partial charge >= 0.3 is 0 Å². The van der Waals surface area contributed by atoms with Crippen molar-refractivity contribution in [3.63, 3.8) is 0 Å². The Balaban J connectivity index is 0.00000560. The Morgan fingerprint density at radius 2 is 1.70 bits per heavy atom. The first-order chi connectivity index (χ1) is 18.5. The molecule has 1 heterocycles. The maximum Gasteiger partial charge on any atom is 0.245 e. The maximum atomic E-state index is 13.8. The first-order valence-corrected chi connectivity index (χ1v) is 14.5. The highest BCUT2D eigenvalue weighted by Gasteiger charge is 2.41. The fourth-order valence-corrected chi connectivity index (χ4v) is 5.18. The van der Waals surface area contributed by atoms with Crippen molar-refractivity contribution >= 4 is 40.9 Å². The monoisotopic (exact) mass is 572 g/mol. The standard InChI is InChI=1S/C32H48N4O3.ClH/c1-23(2)22-33-17-9-10-18-34-29(37)28(21-24-15-16-25-12-7-8-13-26(25)20-24)35(6)30(38)27-14-11-19-36(27)31(39)32(3,4)5;/h7-8,12-13,15-16,20,23,27-28,33H,9-11,14,17-19,21-22H2,1-6H3,(H,34,37);1H/t27?,28-;/m1./s1. The fraction of sp³-hybridized carbons (Fsp3) is 0.594. The van der Waals surface area contributed by atoms with Gasteiger partial charge in [-0.05, 0) is 61.0 Å². The Bertz CT molecular complexity index is 1130. The van der Waals surface area contributed by atoms with Crippen LogP contribution >= 0.6 is 12.4 Å². The van der Waals surface area contributed by atoms with Crippen molar-refractivity contribution in [2.24, 2.45) is 11.3 Å². The van der Waals surface area contributed by atoms with Gasteiger partial charge in [-0.2, -0.15) is 0 Å². The molecule has 2 aromatic carbocycles. The lowest BCUT2D eigenvalue weighted by molar-refractivity contribution is -0.150. The van der Waals surface area contributed by atoms with Crippen molar-refractivity contribution in [3.05, 3.63) is 48.0 Å². The maximum absolute atomic E-state index is 13.8. The number of hydrogen-bond acceptors (Lipinski definition) is 4. The minimum atomic E-state index is -0.662. The largest absolute Gasteiger partial charge is 0.354 e. The van der Waals surface area contributed by atoms with Crippen LogP contribution in [-0.2, 0) is 20.8 Å². The molecule has 0 spiro atoms. The topological polar surface area (TPSA) is 81.8 Å². The molecular formula is C32H49ClN4O3. The van der Waals surface area contributed by atoms with Gasteiger partial charge in [0.1, 0.15) is 12.1 Å². The van der Waals surface area contributed by atoms with E-state index in [1.807, 2.05) is 39.0 Å². The molecule has 2 aromatic rings. The van der Waals surface area contributed by atoms with Crippen molar-refractivity contribution in [1.82, 2.24) is 20.4 Å². The highest BCUT2D eigenvalue weighted by atomic mass is 35.5. The summed E-state index contributed by atoms with van der Waals surface area (Å²) in [5.74, 6) is 0.279. The predicted molar refractivity (Wildman–Crippen MR) is 166 cm³/mol. The number of likely N-dealkylation sites (tertiary alicyclic amines) is 1. The number of amides is 3. The molecule has 0 bridgehead atoms. The molecule has 3 rings (SSSR count). The minimum absolute atomic E-state index is 0. The number of nitrogens with zero attached hydrogens (tertiary/aromatic N) is 2. The number of halogens is 1. The molecule has 0 saturated carbocycles. The summed E-state index contributed by atoms with van der Waals surface area (Å²) in [5, 5.41) is 8.76. The van der Waals surface area contributed by atoms with Crippen LogP contribution in [0.1, 0.15) is 65.9 Å². The average Bonchev–Trinajstić information content (AvgIpc) is 3.38. The summed E-state index contributed by atoms with van der Waals surface area (Å²) in [6, 6.07) is 13.1. The summed E-state index contributed by atoms with van der Waals surface area (Å²) >= 11 is 0. The van der Waals surface area contributed by atoms with Crippen molar-refractivity contribution in [3.8, 4) is 0 Å². The molecule has 40 heavy (non-hydrogen) atoms. The summed E-state index contributed by atoms with van der Waals surface area (Å²) in [4.78, 5) is 43.7. The molecule has 8 heteroatoms. The summed E-state index contributed by atoms with van der Waals surface area (Å²) in [7, 11) is 1.71.